The van der Waals surface area contributed by atoms with Crippen molar-refractivity contribution in [1.82, 2.24) is 9.97 Å². The summed E-state index contributed by atoms with van der Waals surface area (Å²) in [5.41, 5.74) is 7.30. The quantitative estimate of drug-likeness (QED) is 0.775. The molecule has 0 aliphatic heterocycles. The number of halogens is 1. The molecule has 23 heavy (non-hydrogen) atoms. The molecule has 0 unspecified atom stereocenters. The van der Waals surface area contributed by atoms with Crippen LogP contribution < -0.4 is 5.73 Å². The van der Waals surface area contributed by atoms with E-state index in [4.69, 9.17) is 5.73 Å². The molecule has 0 aliphatic carbocycles. The number of rotatable bonds is 3. The van der Waals surface area contributed by atoms with Gasteiger partial charge < -0.3 is 10.8 Å². The molecule has 3 rings (SSSR count). The number of aromatic carboxylic acids is 1. The lowest BCUT2D eigenvalue weighted by Gasteiger charge is -2.09. The van der Waals surface area contributed by atoms with Gasteiger partial charge in [-0.2, -0.15) is 0 Å². The predicted octanol–water partition coefficient (Wildman–Crippen LogP) is 3.23. The monoisotopic (exact) mass is 309 g/mol. The lowest BCUT2D eigenvalue weighted by molar-refractivity contribution is 0.0697. The zero-order valence-electron chi connectivity index (χ0n) is 11.9. The van der Waals surface area contributed by atoms with Crippen molar-refractivity contribution in [2.24, 2.45) is 0 Å². The molecule has 0 radical (unpaired) electrons. The van der Waals surface area contributed by atoms with E-state index < -0.39 is 11.8 Å². The summed E-state index contributed by atoms with van der Waals surface area (Å²) in [6, 6.07) is 11.0. The van der Waals surface area contributed by atoms with Gasteiger partial charge in [-0.25, -0.2) is 19.2 Å². The van der Waals surface area contributed by atoms with Crippen molar-refractivity contribution in [3.05, 3.63) is 66.2 Å². The standard InChI is InChI=1S/C17H12FN3O2/c18-15-7-10(12-3-1-2-4-14(12)16(22)23)5-6-13(15)11-8-20-17(19)21-9-11/h1-9H,(H,22,23)(H2,19,20,21). The van der Waals surface area contributed by atoms with Gasteiger partial charge in [-0.3, -0.25) is 0 Å². The van der Waals surface area contributed by atoms with Crippen LogP contribution in [0.1, 0.15) is 10.4 Å². The molecule has 1 heterocycles. The molecule has 5 nitrogen and oxygen atoms in total. The van der Waals surface area contributed by atoms with Crippen LogP contribution in [0.25, 0.3) is 22.3 Å². The van der Waals surface area contributed by atoms with Gasteiger partial charge in [-0.1, -0.05) is 30.3 Å². The van der Waals surface area contributed by atoms with Gasteiger partial charge in [0.15, 0.2) is 0 Å². The molecule has 6 heteroatoms. The van der Waals surface area contributed by atoms with Crippen molar-refractivity contribution >= 4 is 11.9 Å². The van der Waals surface area contributed by atoms with Gasteiger partial charge in [0.05, 0.1) is 5.56 Å². The van der Waals surface area contributed by atoms with E-state index in [1.165, 1.54) is 24.5 Å². The first-order valence-corrected chi connectivity index (χ1v) is 6.76. The van der Waals surface area contributed by atoms with E-state index in [1.54, 1.807) is 30.3 Å². The van der Waals surface area contributed by atoms with Gasteiger partial charge in [-0.15, -0.1) is 0 Å². The van der Waals surface area contributed by atoms with E-state index in [2.05, 4.69) is 9.97 Å². The molecule has 3 N–H and O–H groups in total. The lowest BCUT2D eigenvalue weighted by Crippen LogP contribution is -1.99. The minimum atomic E-state index is -1.06. The minimum absolute atomic E-state index is 0.112. The number of benzene rings is 2. The van der Waals surface area contributed by atoms with Crippen LogP contribution in [-0.4, -0.2) is 21.0 Å². The number of anilines is 1. The molecule has 1 aromatic heterocycles. The smallest absolute Gasteiger partial charge is 0.336 e. The first-order chi connectivity index (χ1) is 11.1. The minimum Gasteiger partial charge on any atom is -0.478 e. The molecule has 0 atom stereocenters. The molecule has 3 aromatic rings. The second-order valence-electron chi connectivity index (χ2n) is 4.88. The summed E-state index contributed by atoms with van der Waals surface area (Å²) in [6.45, 7) is 0. The topological polar surface area (TPSA) is 89.1 Å². The third kappa shape index (κ3) is 2.87. The van der Waals surface area contributed by atoms with Gasteiger partial charge in [0.25, 0.3) is 0 Å². The maximum atomic E-state index is 14.4. The van der Waals surface area contributed by atoms with Crippen LogP contribution in [0.5, 0.6) is 0 Å². The molecule has 114 valence electrons. The third-order valence-corrected chi connectivity index (χ3v) is 3.42. The summed E-state index contributed by atoms with van der Waals surface area (Å²) in [4.78, 5) is 19.0. The van der Waals surface area contributed by atoms with Crippen molar-refractivity contribution < 1.29 is 14.3 Å². The highest BCUT2D eigenvalue weighted by atomic mass is 19.1. The van der Waals surface area contributed by atoms with Gasteiger partial charge in [0, 0.05) is 23.5 Å². The Morgan fingerprint density at radius 3 is 2.35 bits per heavy atom. The summed E-state index contributed by atoms with van der Waals surface area (Å²) in [5, 5.41) is 9.23. The molecule has 0 saturated carbocycles. The van der Waals surface area contributed by atoms with Crippen LogP contribution in [0, 0.1) is 5.82 Å². The largest absolute Gasteiger partial charge is 0.478 e. The Morgan fingerprint density at radius 2 is 1.70 bits per heavy atom. The average Bonchev–Trinajstić information content (AvgIpc) is 2.56. The van der Waals surface area contributed by atoms with Crippen LogP contribution >= 0.6 is 0 Å². The SMILES string of the molecule is Nc1ncc(-c2ccc(-c3ccccc3C(=O)O)cc2F)cn1. The van der Waals surface area contributed by atoms with Crippen LogP contribution in [-0.2, 0) is 0 Å². The van der Waals surface area contributed by atoms with Crippen molar-refractivity contribution in [3.8, 4) is 22.3 Å². The van der Waals surface area contributed by atoms with Crippen LogP contribution in [0.3, 0.4) is 0 Å². The summed E-state index contributed by atoms with van der Waals surface area (Å²) in [7, 11) is 0. The summed E-state index contributed by atoms with van der Waals surface area (Å²) in [5.74, 6) is -1.44. The molecular weight excluding hydrogens is 297 g/mol. The van der Waals surface area contributed by atoms with E-state index in [1.807, 2.05) is 0 Å². The fourth-order valence-electron chi connectivity index (χ4n) is 2.32. The second kappa shape index (κ2) is 5.84. The summed E-state index contributed by atoms with van der Waals surface area (Å²) in [6.07, 6.45) is 2.87. The Kier molecular flexibility index (Phi) is 3.72. The average molecular weight is 309 g/mol. The van der Waals surface area contributed by atoms with Gasteiger partial charge in [0.1, 0.15) is 5.82 Å². The lowest BCUT2D eigenvalue weighted by atomic mass is 9.97. The molecule has 0 amide bonds. The predicted molar refractivity (Wildman–Crippen MR) is 84.2 cm³/mol. The number of carboxylic acids is 1. The highest BCUT2D eigenvalue weighted by Crippen LogP contribution is 2.29. The highest BCUT2D eigenvalue weighted by Gasteiger charge is 2.13. The molecule has 0 aliphatic rings. The number of hydrogen-bond acceptors (Lipinski definition) is 4. The Hall–Kier alpha value is -3.28. The maximum Gasteiger partial charge on any atom is 0.336 e. The zero-order chi connectivity index (χ0) is 16.4. The van der Waals surface area contributed by atoms with Crippen molar-refractivity contribution in [2.75, 3.05) is 5.73 Å². The van der Waals surface area contributed by atoms with Gasteiger partial charge >= 0.3 is 5.97 Å². The van der Waals surface area contributed by atoms with E-state index in [0.717, 1.165) is 0 Å². The van der Waals surface area contributed by atoms with Gasteiger partial charge in [-0.05, 0) is 23.3 Å². The maximum absolute atomic E-state index is 14.4. The fraction of sp³-hybridized carbons (Fsp3) is 0. The first-order valence-electron chi connectivity index (χ1n) is 6.76. The Bertz CT molecular complexity index is 879. The van der Waals surface area contributed by atoms with Crippen molar-refractivity contribution in [1.29, 1.82) is 0 Å². The zero-order valence-corrected chi connectivity index (χ0v) is 11.9. The number of nitrogens with two attached hydrogens (primary N) is 1. The van der Waals surface area contributed by atoms with Crippen LogP contribution in [0.4, 0.5) is 10.3 Å². The van der Waals surface area contributed by atoms with Gasteiger partial charge in [0.2, 0.25) is 5.95 Å². The Balaban J connectivity index is 2.07. The molecule has 0 spiro atoms. The molecule has 2 aromatic carbocycles. The van der Waals surface area contributed by atoms with E-state index in [9.17, 15) is 14.3 Å². The fourth-order valence-corrected chi connectivity index (χ4v) is 2.32. The van der Waals surface area contributed by atoms with E-state index in [-0.39, 0.29) is 11.5 Å². The van der Waals surface area contributed by atoms with Crippen molar-refractivity contribution in [3.63, 3.8) is 0 Å². The highest BCUT2D eigenvalue weighted by molar-refractivity contribution is 5.96. The summed E-state index contributed by atoms with van der Waals surface area (Å²) >= 11 is 0. The van der Waals surface area contributed by atoms with E-state index in [0.29, 0.717) is 22.3 Å². The number of hydrogen-bond donors (Lipinski definition) is 2. The normalized spacial score (nSPS) is 10.5. The number of aromatic nitrogens is 2. The molecule has 0 fully saturated rings. The first kappa shape index (κ1) is 14.6. The second-order valence-corrected chi connectivity index (χ2v) is 4.88. The van der Waals surface area contributed by atoms with Crippen LogP contribution in [0.15, 0.2) is 54.9 Å². The Labute approximate surface area is 131 Å². The van der Waals surface area contributed by atoms with Crippen LogP contribution in [0.2, 0.25) is 0 Å². The summed E-state index contributed by atoms with van der Waals surface area (Å²) < 4.78 is 14.4. The molecule has 0 saturated heterocycles. The third-order valence-electron chi connectivity index (χ3n) is 3.42. The number of nitrogens with zero attached hydrogens (tertiary/aromatic N) is 2. The van der Waals surface area contributed by atoms with E-state index >= 15 is 0 Å². The Morgan fingerprint density at radius 1 is 1.00 bits per heavy atom. The molecule has 0 bridgehead atoms. The molecular formula is C17H12FN3O2. The number of carbonyl (C=O) groups is 1. The number of carboxylic acid groups (broad SMARTS) is 1. The number of nitrogen functional groups attached to an aromatic ring is 1. The van der Waals surface area contributed by atoms with Crippen molar-refractivity contribution in [2.45, 2.75) is 0 Å².